The molecule has 100 valence electrons. The van der Waals surface area contributed by atoms with E-state index in [1.165, 1.54) is 24.0 Å². The fourth-order valence-corrected chi connectivity index (χ4v) is 2.79. The number of hydrogen-bond donors (Lipinski definition) is 1. The highest BCUT2D eigenvalue weighted by Crippen LogP contribution is 2.20. The van der Waals surface area contributed by atoms with Gasteiger partial charge in [0.15, 0.2) is 0 Å². The molecule has 0 saturated carbocycles. The molecule has 1 aromatic carbocycles. The molecule has 1 aliphatic rings. The molecule has 4 nitrogen and oxygen atoms in total. The SMILES string of the molecule is Cn1cnnc1CCNC1CCc2ccccc2C1. The first-order chi connectivity index (χ1) is 9.33. The van der Waals surface area contributed by atoms with Crippen LogP contribution < -0.4 is 5.32 Å². The van der Waals surface area contributed by atoms with Crippen molar-refractivity contribution in [3.63, 3.8) is 0 Å². The minimum atomic E-state index is 0.600. The fourth-order valence-electron chi connectivity index (χ4n) is 2.79. The maximum Gasteiger partial charge on any atom is 0.133 e. The summed E-state index contributed by atoms with van der Waals surface area (Å²) in [7, 11) is 1.99. The van der Waals surface area contributed by atoms with E-state index in [2.05, 4.69) is 39.8 Å². The van der Waals surface area contributed by atoms with Crippen LogP contribution in [-0.4, -0.2) is 27.4 Å². The van der Waals surface area contributed by atoms with Gasteiger partial charge >= 0.3 is 0 Å². The van der Waals surface area contributed by atoms with Gasteiger partial charge in [-0.05, 0) is 30.4 Å². The lowest BCUT2D eigenvalue weighted by Gasteiger charge is -2.25. The Morgan fingerprint density at radius 2 is 2.16 bits per heavy atom. The molecule has 2 aromatic rings. The van der Waals surface area contributed by atoms with Crippen LogP contribution in [0.15, 0.2) is 30.6 Å². The van der Waals surface area contributed by atoms with E-state index in [4.69, 9.17) is 0 Å². The molecule has 0 fully saturated rings. The van der Waals surface area contributed by atoms with Gasteiger partial charge in [-0.25, -0.2) is 0 Å². The zero-order chi connectivity index (χ0) is 13.1. The minimum absolute atomic E-state index is 0.600. The van der Waals surface area contributed by atoms with Crippen molar-refractivity contribution in [3.05, 3.63) is 47.5 Å². The number of hydrogen-bond acceptors (Lipinski definition) is 3. The average molecular weight is 256 g/mol. The quantitative estimate of drug-likeness (QED) is 0.901. The van der Waals surface area contributed by atoms with E-state index in [-0.39, 0.29) is 0 Å². The molecule has 1 aliphatic carbocycles. The smallest absolute Gasteiger partial charge is 0.133 e. The highest BCUT2D eigenvalue weighted by Gasteiger charge is 2.17. The van der Waals surface area contributed by atoms with Crippen molar-refractivity contribution >= 4 is 0 Å². The second kappa shape index (κ2) is 5.53. The Hall–Kier alpha value is -1.68. The molecule has 4 heteroatoms. The first kappa shape index (κ1) is 12.4. The molecular formula is C15H20N4. The van der Waals surface area contributed by atoms with Crippen molar-refractivity contribution in [3.8, 4) is 0 Å². The van der Waals surface area contributed by atoms with E-state index < -0.39 is 0 Å². The number of aryl methyl sites for hydroxylation is 2. The van der Waals surface area contributed by atoms with E-state index in [0.717, 1.165) is 25.2 Å². The third-order valence-corrected chi connectivity index (χ3v) is 3.93. The van der Waals surface area contributed by atoms with Crippen LogP contribution in [0, 0.1) is 0 Å². The zero-order valence-electron chi connectivity index (χ0n) is 11.3. The van der Waals surface area contributed by atoms with E-state index >= 15 is 0 Å². The second-order valence-electron chi connectivity index (χ2n) is 5.27. The number of nitrogens with one attached hydrogen (secondary N) is 1. The Kier molecular flexibility index (Phi) is 3.60. The molecule has 0 radical (unpaired) electrons. The van der Waals surface area contributed by atoms with Crippen molar-refractivity contribution in [2.75, 3.05) is 6.54 Å². The van der Waals surface area contributed by atoms with Gasteiger partial charge in [0.05, 0.1) is 0 Å². The van der Waals surface area contributed by atoms with Crippen LogP contribution in [0.1, 0.15) is 23.4 Å². The molecule has 0 saturated heterocycles. The van der Waals surface area contributed by atoms with E-state index in [0.29, 0.717) is 6.04 Å². The predicted molar refractivity (Wildman–Crippen MR) is 75.0 cm³/mol. The molecule has 1 heterocycles. The Bertz CT molecular complexity index is 547. The summed E-state index contributed by atoms with van der Waals surface area (Å²) in [5, 5.41) is 11.7. The number of rotatable bonds is 4. The molecule has 1 atom stereocenters. The van der Waals surface area contributed by atoms with E-state index in [1.54, 1.807) is 6.33 Å². The van der Waals surface area contributed by atoms with Gasteiger partial charge in [0.1, 0.15) is 12.2 Å². The van der Waals surface area contributed by atoms with Gasteiger partial charge in [0.25, 0.3) is 0 Å². The van der Waals surface area contributed by atoms with Crippen LogP contribution in [0.25, 0.3) is 0 Å². The molecular weight excluding hydrogens is 236 g/mol. The van der Waals surface area contributed by atoms with Gasteiger partial charge in [-0.2, -0.15) is 0 Å². The summed E-state index contributed by atoms with van der Waals surface area (Å²) in [6, 6.07) is 9.39. The van der Waals surface area contributed by atoms with Crippen LogP contribution in [0.2, 0.25) is 0 Å². The van der Waals surface area contributed by atoms with Crippen molar-refractivity contribution in [1.82, 2.24) is 20.1 Å². The van der Waals surface area contributed by atoms with Gasteiger partial charge in [-0.3, -0.25) is 0 Å². The third-order valence-electron chi connectivity index (χ3n) is 3.93. The Morgan fingerprint density at radius 1 is 1.32 bits per heavy atom. The molecule has 0 aliphatic heterocycles. The summed E-state index contributed by atoms with van der Waals surface area (Å²) in [4.78, 5) is 0. The topological polar surface area (TPSA) is 42.7 Å². The van der Waals surface area contributed by atoms with Gasteiger partial charge < -0.3 is 9.88 Å². The molecule has 0 amide bonds. The molecule has 1 N–H and O–H groups in total. The molecule has 19 heavy (non-hydrogen) atoms. The summed E-state index contributed by atoms with van der Waals surface area (Å²) in [5.41, 5.74) is 3.03. The zero-order valence-corrected chi connectivity index (χ0v) is 11.3. The highest BCUT2D eigenvalue weighted by molar-refractivity contribution is 5.30. The minimum Gasteiger partial charge on any atom is -0.321 e. The molecule has 0 bridgehead atoms. The summed E-state index contributed by atoms with van der Waals surface area (Å²) >= 11 is 0. The third kappa shape index (κ3) is 2.84. The summed E-state index contributed by atoms with van der Waals surface area (Å²) < 4.78 is 1.98. The highest BCUT2D eigenvalue weighted by atomic mass is 15.2. The monoisotopic (exact) mass is 256 g/mol. The summed E-state index contributed by atoms with van der Waals surface area (Å²) in [6.45, 7) is 0.972. The van der Waals surface area contributed by atoms with E-state index in [9.17, 15) is 0 Å². The number of nitrogens with zero attached hydrogens (tertiary/aromatic N) is 3. The van der Waals surface area contributed by atoms with Crippen LogP contribution in [0.5, 0.6) is 0 Å². The van der Waals surface area contributed by atoms with E-state index in [1.807, 2.05) is 11.6 Å². The van der Waals surface area contributed by atoms with Crippen molar-refractivity contribution in [1.29, 1.82) is 0 Å². The van der Waals surface area contributed by atoms with Crippen molar-refractivity contribution < 1.29 is 0 Å². The largest absolute Gasteiger partial charge is 0.321 e. The number of benzene rings is 1. The molecule has 3 rings (SSSR count). The van der Waals surface area contributed by atoms with Crippen molar-refractivity contribution in [2.45, 2.75) is 31.7 Å². The maximum atomic E-state index is 4.11. The standard InChI is InChI=1S/C15H20N4/c1-19-11-17-18-15(19)8-9-16-14-7-6-12-4-2-3-5-13(12)10-14/h2-5,11,14,16H,6-10H2,1H3. The van der Waals surface area contributed by atoms with Gasteiger partial charge in [-0.1, -0.05) is 24.3 Å². The van der Waals surface area contributed by atoms with Crippen LogP contribution in [-0.2, 0) is 26.3 Å². The van der Waals surface area contributed by atoms with Crippen LogP contribution in [0.3, 0.4) is 0 Å². The summed E-state index contributed by atoms with van der Waals surface area (Å²) in [5.74, 6) is 1.05. The van der Waals surface area contributed by atoms with Gasteiger partial charge in [-0.15, -0.1) is 10.2 Å². The molecule has 1 aromatic heterocycles. The molecule has 0 spiro atoms. The molecule has 1 unspecified atom stereocenters. The van der Waals surface area contributed by atoms with Crippen molar-refractivity contribution in [2.24, 2.45) is 7.05 Å². The number of fused-ring (bicyclic) bond motifs is 1. The average Bonchev–Trinajstić information content (AvgIpc) is 2.84. The lowest BCUT2D eigenvalue weighted by Crippen LogP contribution is -2.36. The lowest BCUT2D eigenvalue weighted by molar-refractivity contribution is 0.458. The fraction of sp³-hybridized carbons (Fsp3) is 0.467. The first-order valence-electron chi connectivity index (χ1n) is 6.96. The van der Waals surface area contributed by atoms with Crippen LogP contribution >= 0.6 is 0 Å². The lowest BCUT2D eigenvalue weighted by atomic mass is 9.88. The van der Waals surface area contributed by atoms with Gasteiger partial charge in [0, 0.05) is 26.1 Å². The Morgan fingerprint density at radius 3 is 2.95 bits per heavy atom. The number of aromatic nitrogens is 3. The maximum absolute atomic E-state index is 4.11. The van der Waals surface area contributed by atoms with Gasteiger partial charge in [0.2, 0.25) is 0 Å². The Balaban J connectivity index is 1.51. The summed E-state index contributed by atoms with van der Waals surface area (Å²) in [6.07, 6.45) is 6.27. The predicted octanol–water partition coefficient (Wildman–Crippen LogP) is 1.50. The second-order valence-corrected chi connectivity index (χ2v) is 5.27. The normalized spacial score (nSPS) is 18.3. The first-order valence-corrected chi connectivity index (χ1v) is 6.96. The Labute approximate surface area is 113 Å². The van der Waals surface area contributed by atoms with Crippen LogP contribution in [0.4, 0.5) is 0 Å².